The lowest BCUT2D eigenvalue weighted by molar-refractivity contribution is 0.586. The average molecular weight is 264 g/mol. The van der Waals surface area contributed by atoms with E-state index in [9.17, 15) is 0 Å². The Morgan fingerprint density at radius 2 is 1.72 bits per heavy atom. The van der Waals surface area contributed by atoms with Gasteiger partial charge in [-0.3, -0.25) is 0 Å². The number of rotatable bonds is 4. The van der Waals surface area contributed by atoms with Crippen LogP contribution < -0.4 is 4.90 Å². The van der Waals surface area contributed by atoms with E-state index in [2.05, 4.69) is 36.0 Å². The fraction of sp³-hybridized carbons (Fsp3) is 0.429. The number of hydrogen-bond donors (Lipinski definition) is 0. The van der Waals surface area contributed by atoms with Crippen LogP contribution >= 0.6 is 11.6 Å². The van der Waals surface area contributed by atoms with E-state index in [1.807, 2.05) is 24.3 Å². The average Bonchev–Trinajstić information content (AvgIpc) is 2.41. The summed E-state index contributed by atoms with van der Waals surface area (Å²) in [6.07, 6.45) is 2.18. The molecule has 0 saturated carbocycles. The van der Waals surface area contributed by atoms with Gasteiger partial charge in [0.2, 0.25) is 0 Å². The lowest BCUT2D eigenvalue weighted by atomic mass is 10.1. The first-order valence-corrected chi connectivity index (χ1v) is 6.70. The van der Waals surface area contributed by atoms with Crippen molar-refractivity contribution in [2.45, 2.75) is 32.7 Å². The minimum absolute atomic E-state index is 0.465. The van der Waals surface area contributed by atoms with E-state index in [1.165, 1.54) is 0 Å². The lowest BCUT2D eigenvalue weighted by Crippen LogP contribution is -2.31. The van der Waals surface area contributed by atoms with Crippen molar-refractivity contribution in [1.82, 2.24) is 10.2 Å². The molecule has 0 N–H and O–H groups in total. The Balaban J connectivity index is 2.54. The summed E-state index contributed by atoms with van der Waals surface area (Å²) in [5.41, 5.74) is 0. The maximum Gasteiger partial charge on any atom is 0.159 e. The highest BCUT2D eigenvalue weighted by Crippen LogP contribution is 2.29. The summed E-state index contributed by atoms with van der Waals surface area (Å²) in [7, 11) is 2.07. The van der Waals surface area contributed by atoms with E-state index in [0.29, 0.717) is 11.2 Å². The Morgan fingerprint density at radius 1 is 1.11 bits per heavy atom. The molecule has 0 aliphatic carbocycles. The minimum Gasteiger partial charge on any atom is -0.355 e. The number of aromatic nitrogens is 2. The zero-order valence-corrected chi connectivity index (χ0v) is 11.8. The molecule has 0 aliphatic heterocycles. The normalized spacial score (nSPS) is 11.2. The van der Waals surface area contributed by atoms with Gasteiger partial charge in [-0.05, 0) is 12.8 Å². The molecule has 0 amide bonds. The summed E-state index contributed by atoms with van der Waals surface area (Å²) in [6.45, 7) is 4.38. The second kappa shape index (κ2) is 5.53. The number of benzene rings is 1. The zero-order chi connectivity index (χ0) is 13.1. The standard InChI is InChI=1S/C14H18ClN3/c1-4-10(5-2)18(3)14-12-9-7-6-8-11(12)13(15)16-17-14/h6-10H,4-5H2,1-3H3. The summed E-state index contributed by atoms with van der Waals surface area (Å²) >= 11 is 6.09. The van der Waals surface area contributed by atoms with Gasteiger partial charge >= 0.3 is 0 Å². The quantitative estimate of drug-likeness (QED) is 0.838. The molecule has 0 fully saturated rings. The van der Waals surface area contributed by atoms with Crippen LogP contribution in [0.3, 0.4) is 0 Å². The molecule has 1 aromatic heterocycles. The van der Waals surface area contributed by atoms with Crippen LogP contribution in [0, 0.1) is 0 Å². The molecule has 0 unspecified atom stereocenters. The summed E-state index contributed by atoms with van der Waals surface area (Å²) in [5.74, 6) is 0.906. The van der Waals surface area contributed by atoms with Crippen molar-refractivity contribution in [3.63, 3.8) is 0 Å². The first-order valence-electron chi connectivity index (χ1n) is 6.32. The van der Waals surface area contributed by atoms with E-state index < -0.39 is 0 Å². The maximum absolute atomic E-state index is 6.09. The number of anilines is 1. The third-order valence-electron chi connectivity index (χ3n) is 3.45. The van der Waals surface area contributed by atoms with Crippen LogP contribution in [0.15, 0.2) is 24.3 Å². The molecule has 0 spiro atoms. The van der Waals surface area contributed by atoms with Gasteiger partial charge in [-0.15, -0.1) is 10.2 Å². The molecule has 18 heavy (non-hydrogen) atoms. The molecule has 0 saturated heterocycles. The predicted octanol–water partition coefficient (Wildman–Crippen LogP) is 3.91. The van der Waals surface area contributed by atoms with E-state index in [-0.39, 0.29) is 0 Å². The van der Waals surface area contributed by atoms with Gasteiger partial charge in [0.05, 0.1) is 0 Å². The van der Waals surface area contributed by atoms with Crippen molar-refractivity contribution in [2.24, 2.45) is 0 Å². The topological polar surface area (TPSA) is 29.0 Å². The number of fused-ring (bicyclic) bond motifs is 1. The van der Waals surface area contributed by atoms with Gasteiger partial charge in [0, 0.05) is 23.9 Å². The van der Waals surface area contributed by atoms with Crippen LogP contribution in [-0.2, 0) is 0 Å². The Labute approximate surface area is 113 Å². The van der Waals surface area contributed by atoms with Crippen LogP contribution in [0.25, 0.3) is 10.8 Å². The molecule has 0 radical (unpaired) electrons. The van der Waals surface area contributed by atoms with Crippen molar-refractivity contribution in [2.75, 3.05) is 11.9 Å². The lowest BCUT2D eigenvalue weighted by Gasteiger charge is -2.27. The maximum atomic E-state index is 6.09. The van der Waals surface area contributed by atoms with Crippen LogP contribution in [0.2, 0.25) is 5.15 Å². The summed E-state index contributed by atoms with van der Waals surface area (Å²) < 4.78 is 0. The highest BCUT2D eigenvalue weighted by Gasteiger charge is 2.16. The van der Waals surface area contributed by atoms with Crippen LogP contribution in [0.5, 0.6) is 0 Å². The van der Waals surface area contributed by atoms with E-state index in [0.717, 1.165) is 29.4 Å². The number of nitrogens with zero attached hydrogens (tertiary/aromatic N) is 3. The minimum atomic E-state index is 0.465. The van der Waals surface area contributed by atoms with Gasteiger partial charge in [-0.1, -0.05) is 49.7 Å². The van der Waals surface area contributed by atoms with Crippen LogP contribution in [-0.4, -0.2) is 23.3 Å². The van der Waals surface area contributed by atoms with Gasteiger partial charge in [0.25, 0.3) is 0 Å². The molecule has 1 aromatic carbocycles. The van der Waals surface area contributed by atoms with Crippen molar-refractivity contribution in [3.8, 4) is 0 Å². The highest BCUT2D eigenvalue weighted by atomic mass is 35.5. The number of hydrogen-bond acceptors (Lipinski definition) is 3. The molecule has 2 rings (SSSR count). The number of halogens is 1. The van der Waals surface area contributed by atoms with E-state index in [4.69, 9.17) is 11.6 Å². The molecule has 1 heterocycles. The fourth-order valence-corrected chi connectivity index (χ4v) is 2.53. The second-order valence-electron chi connectivity index (χ2n) is 4.44. The summed E-state index contributed by atoms with van der Waals surface area (Å²) in [4.78, 5) is 2.20. The van der Waals surface area contributed by atoms with Gasteiger partial charge in [-0.2, -0.15) is 0 Å². The van der Waals surface area contributed by atoms with Crippen LogP contribution in [0.1, 0.15) is 26.7 Å². The molecule has 96 valence electrons. The predicted molar refractivity (Wildman–Crippen MR) is 77.3 cm³/mol. The Morgan fingerprint density at radius 3 is 2.33 bits per heavy atom. The van der Waals surface area contributed by atoms with E-state index in [1.54, 1.807) is 0 Å². The summed E-state index contributed by atoms with van der Waals surface area (Å²) in [6, 6.07) is 8.48. The summed E-state index contributed by atoms with van der Waals surface area (Å²) in [5, 5.41) is 10.8. The van der Waals surface area contributed by atoms with E-state index >= 15 is 0 Å². The monoisotopic (exact) mass is 263 g/mol. The van der Waals surface area contributed by atoms with Crippen LogP contribution in [0.4, 0.5) is 5.82 Å². The van der Waals surface area contributed by atoms with Gasteiger partial charge < -0.3 is 4.90 Å². The molecule has 3 nitrogen and oxygen atoms in total. The first kappa shape index (κ1) is 13.1. The molecule has 0 atom stereocenters. The Kier molecular flexibility index (Phi) is 4.02. The second-order valence-corrected chi connectivity index (χ2v) is 4.80. The van der Waals surface area contributed by atoms with Gasteiger partial charge in [-0.25, -0.2) is 0 Å². The zero-order valence-electron chi connectivity index (χ0n) is 11.0. The Hall–Kier alpha value is -1.35. The SMILES string of the molecule is CCC(CC)N(C)c1nnc(Cl)c2ccccc12. The van der Waals surface area contributed by atoms with Crippen molar-refractivity contribution >= 4 is 28.2 Å². The first-order chi connectivity index (χ1) is 8.69. The molecule has 0 bridgehead atoms. The van der Waals surface area contributed by atoms with Crippen molar-refractivity contribution in [1.29, 1.82) is 0 Å². The fourth-order valence-electron chi connectivity index (χ4n) is 2.33. The molecule has 4 heteroatoms. The highest BCUT2D eigenvalue weighted by molar-refractivity contribution is 6.34. The molecular weight excluding hydrogens is 246 g/mol. The third-order valence-corrected chi connectivity index (χ3v) is 3.73. The Bertz CT molecular complexity index is 538. The molecular formula is C14H18ClN3. The largest absolute Gasteiger partial charge is 0.355 e. The van der Waals surface area contributed by atoms with Gasteiger partial charge in [0.1, 0.15) is 0 Å². The smallest absolute Gasteiger partial charge is 0.159 e. The molecule has 0 aliphatic rings. The third kappa shape index (κ3) is 2.27. The van der Waals surface area contributed by atoms with Crippen molar-refractivity contribution < 1.29 is 0 Å². The van der Waals surface area contributed by atoms with Crippen molar-refractivity contribution in [3.05, 3.63) is 29.4 Å². The molecule has 2 aromatic rings. The van der Waals surface area contributed by atoms with Gasteiger partial charge in [0.15, 0.2) is 11.0 Å².